The monoisotopic (exact) mass is 374 g/mol. The number of hydrogen-bond donors (Lipinski definition) is 2. The molecule has 0 heterocycles. The number of ether oxygens (including phenoxy) is 2. The Balaban J connectivity index is 4.30. The van der Waals surface area contributed by atoms with Gasteiger partial charge in [0.2, 0.25) is 12.7 Å². The second-order valence-corrected chi connectivity index (χ2v) is 5.98. The molecule has 0 fully saturated rings. The van der Waals surface area contributed by atoms with Crippen LogP contribution in [0.3, 0.4) is 0 Å². The Kier molecular flexibility index (Phi) is 10.9. The minimum absolute atomic E-state index is 0.170. The maximum atomic E-state index is 12.0. The van der Waals surface area contributed by atoms with Gasteiger partial charge < -0.3 is 14.4 Å². The molecule has 26 heavy (non-hydrogen) atoms. The SMILES string of the molecule is [2H]C([2H])([2H])N(CC(=O)OCOC(C)=O)C(=N)NC(=O)CCCCCCCCCC. The fraction of sp³-hybridized carbons (Fsp3) is 0.778. The lowest BCUT2D eigenvalue weighted by Gasteiger charge is -2.19. The summed E-state index contributed by atoms with van der Waals surface area (Å²) in [6.07, 6.45) is 8.70. The first-order chi connectivity index (χ1) is 13.6. The molecule has 0 spiro atoms. The van der Waals surface area contributed by atoms with Crippen molar-refractivity contribution in [3.63, 3.8) is 0 Å². The van der Waals surface area contributed by atoms with Crippen molar-refractivity contribution >= 4 is 23.8 Å². The van der Waals surface area contributed by atoms with Crippen molar-refractivity contribution in [2.24, 2.45) is 0 Å². The van der Waals surface area contributed by atoms with Crippen molar-refractivity contribution in [3.8, 4) is 0 Å². The lowest BCUT2D eigenvalue weighted by molar-refractivity contribution is -0.165. The molecule has 0 saturated heterocycles. The van der Waals surface area contributed by atoms with Crippen molar-refractivity contribution in [3.05, 3.63) is 0 Å². The summed E-state index contributed by atoms with van der Waals surface area (Å²) in [6, 6.07) is 0. The maximum absolute atomic E-state index is 12.0. The van der Waals surface area contributed by atoms with Crippen molar-refractivity contribution in [2.75, 3.05) is 20.3 Å². The van der Waals surface area contributed by atoms with Crippen LogP contribution in [0.25, 0.3) is 0 Å². The molecule has 0 aliphatic rings. The molecule has 0 aromatic rings. The van der Waals surface area contributed by atoms with Crippen molar-refractivity contribution in [2.45, 2.75) is 71.6 Å². The fourth-order valence-corrected chi connectivity index (χ4v) is 2.11. The number of rotatable bonds is 13. The lowest BCUT2D eigenvalue weighted by atomic mass is 10.1. The van der Waals surface area contributed by atoms with Gasteiger partial charge >= 0.3 is 11.9 Å². The largest absolute Gasteiger partial charge is 0.428 e. The highest BCUT2D eigenvalue weighted by Gasteiger charge is 2.13. The number of carbonyl (C=O) groups is 3. The van der Waals surface area contributed by atoms with Gasteiger partial charge in [0, 0.05) is 24.4 Å². The molecule has 0 rings (SSSR count). The third-order valence-electron chi connectivity index (χ3n) is 3.55. The molecule has 0 aliphatic carbocycles. The van der Waals surface area contributed by atoms with Gasteiger partial charge in [-0.25, -0.2) is 0 Å². The third-order valence-corrected chi connectivity index (χ3v) is 3.55. The highest BCUT2D eigenvalue weighted by molar-refractivity contribution is 5.96. The summed E-state index contributed by atoms with van der Waals surface area (Å²) in [6.45, 7) is -0.991. The van der Waals surface area contributed by atoms with E-state index >= 15 is 0 Å². The van der Waals surface area contributed by atoms with Gasteiger partial charge in [-0.15, -0.1) is 0 Å². The zero-order valence-corrected chi connectivity index (χ0v) is 15.8. The molecular weight excluding hydrogens is 338 g/mol. The first-order valence-electron chi connectivity index (χ1n) is 10.5. The molecule has 0 aliphatic heterocycles. The molecule has 0 radical (unpaired) electrons. The molecule has 1 amide bonds. The number of esters is 2. The van der Waals surface area contributed by atoms with E-state index in [1.54, 1.807) is 0 Å². The summed E-state index contributed by atoms with van der Waals surface area (Å²) in [5.74, 6) is -2.86. The van der Waals surface area contributed by atoms with E-state index in [1.165, 1.54) is 25.7 Å². The predicted octanol–water partition coefficient (Wildman–Crippen LogP) is 2.56. The third kappa shape index (κ3) is 14.2. The Hall–Kier alpha value is -2.12. The van der Waals surface area contributed by atoms with Crippen LogP contribution in [-0.2, 0) is 23.9 Å². The first kappa shape index (κ1) is 18.7. The quantitative estimate of drug-likeness (QED) is 0.169. The van der Waals surface area contributed by atoms with Crippen LogP contribution < -0.4 is 5.32 Å². The van der Waals surface area contributed by atoms with Gasteiger partial charge in [0.05, 0.1) is 0 Å². The molecular formula is C18H33N3O5. The van der Waals surface area contributed by atoms with Crippen LogP contribution in [-0.4, -0.2) is 49.0 Å². The fourth-order valence-electron chi connectivity index (χ4n) is 2.11. The average Bonchev–Trinajstić information content (AvgIpc) is 2.60. The zero-order chi connectivity index (χ0) is 22.3. The zero-order valence-electron chi connectivity index (χ0n) is 18.8. The summed E-state index contributed by atoms with van der Waals surface area (Å²) >= 11 is 0. The maximum Gasteiger partial charge on any atom is 0.328 e. The van der Waals surface area contributed by atoms with Crippen molar-refractivity contribution in [1.29, 1.82) is 5.41 Å². The van der Waals surface area contributed by atoms with Gasteiger partial charge in [-0.05, 0) is 6.42 Å². The number of guanidine groups is 1. The topological polar surface area (TPSA) is 109 Å². The van der Waals surface area contributed by atoms with E-state index in [4.69, 9.17) is 9.52 Å². The number of nitrogens with zero attached hydrogens (tertiary/aromatic N) is 1. The molecule has 8 heteroatoms. The van der Waals surface area contributed by atoms with Crippen molar-refractivity contribution in [1.82, 2.24) is 10.2 Å². The Morgan fingerprint density at radius 1 is 1.04 bits per heavy atom. The Morgan fingerprint density at radius 3 is 2.23 bits per heavy atom. The average molecular weight is 374 g/mol. The summed E-state index contributed by atoms with van der Waals surface area (Å²) in [5.41, 5.74) is 0. The molecule has 0 saturated carbocycles. The molecule has 0 aromatic heterocycles. The second-order valence-electron chi connectivity index (χ2n) is 5.98. The molecule has 0 atom stereocenters. The number of nitrogens with one attached hydrogen (secondary N) is 2. The Bertz CT molecular complexity index is 541. The minimum Gasteiger partial charge on any atom is -0.428 e. The van der Waals surface area contributed by atoms with Crippen LogP contribution >= 0.6 is 0 Å². The van der Waals surface area contributed by atoms with E-state index in [9.17, 15) is 14.4 Å². The number of hydrogen-bond acceptors (Lipinski definition) is 6. The van der Waals surface area contributed by atoms with E-state index in [-0.39, 0.29) is 6.42 Å². The molecule has 0 aromatic carbocycles. The number of likely N-dealkylation sites (N-methyl/N-ethyl adjacent to an activating group) is 1. The van der Waals surface area contributed by atoms with Crippen LogP contribution in [0.5, 0.6) is 0 Å². The summed E-state index contributed by atoms with van der Waals surface area (Å²) in [4.78, 5) is 34.7. The lowest BCUT2D eigenvalue weighted by Crippen LogP contribution is -2.43. The van der Waals surface area contributed by atoms with Crippen molar-refractivity contribution < 1.29 is 28.0 Å². The van der Waals surface area contributed by atoms with Crippen LogP contribution in [0.1, 0.15) is 75.7 Å². The smallest absolute Gasteiger partial charge is 0.328 e. The molecule has 0 unspecified atom stereocenters. The molecule has 150 valence electrons. The van der Waals surface area contributed by atoms with E-state index in [2.05, 4.69) is 21.7 Å². The molecule has 0 bridgehead atoms. The summed E-state index contributed by atoms with van der Waals surface area (Å²) in [7, 11) is 0. The molecule has 2 N–H and O–H groups in total. The minimum atomic E-state index is -2.83. The van der Waals surface area contributed by atoms with Crippen LogP contribution in [0.2, 0.25) is 0 Å². The van der Waals surface area contributed by atoms with Gasteiger partial charge in [0.1, 0.15) is 6.54 Å². The Morgan fingerprint density at radius 2 is 1.65 bits per heavy atom. The van der Waals surface area contributed by atoms with Crippen LogP contribution in [0, 0.1) is 5.41 Å². The second kappa shape index (κ2) is 15.2. The predicted molar refractivity (Wildman–Crippen MR) is 98.5 cm³/mol. The summed E-state index contributed by atoms with van der Waals surface area (Å²) in [5, 5.41) is 10.0. The van der Waals surface area contributed by atoms with E-state index < -0.39 is 44.1 Å². The normalized spacial score (nSPS) is 12.3. The number of amides is 1. The van der Waals surface area contributed by atoms with E-state index in [1.807, 2.05) is 0 Å². The van der Waals surface area contributed by atoms with Gasteiger partial charge in [-0.2, -0.15) is 0 Å². The first-order valence-corrected chi connectivity index (χ1v) is 9.03. The highest BCUT2D eigenvalue weighted by Crippen LogP contribution is 2.09. The van der Waals surface area contributed by atoms with Gasteiger partial charge in [0.15, 0.2) is 5.96 Å². The number of unbranched alkanes of at least 4 members (excludes halogenated alkanes) is 7. The van der Waals surface area contributed by atoms with E-state index in [0.29, 0.717) is 11.3 Å². The standard InChI is InChI=1S/C18H33N3O5/c1-4-5-6-7-8-9-10-11-12-16(23)20-18(19)21(3)13-17(24)26-14-25-15(2)22/h4-14H2,1-3H3,(H2,19,20,23)/i3D3. The highest BCUT2D eigenvalue weighted by atomic mass is 16.7. The van der Waals surface area contributed by atoms with Crippen LogP contribution in [0.15, 0.2) is 0 Å². The van der Waals surface area contributed by atoms with Gasteiger partial charge in [-0.1, -0.05) is 51.9 Å². The van der Waals surface area contributed by atoms with Gasteiger partial charge in [0.25, 0.3) is 0 Å². The van der Waals surface area contributed by atoms with Crippen LogP contribution in [0.4, 0.5) is 0 Å². The molecule has 8 nitrogen and oxygen atoms in total. The number of carbonyl (C=O) groups excluding carboxylic acids is 3. The van der Waals surface area contributed by atoms with E-state index in [0.717, 1.165) is 26.2 Å². The summed E-state index contributed by atoms with van der Waals surface area (Å²) < 4.78 is 31.3. The Labute approximate surface area is 160 Å². The van der Waals surface area contributed by atoms with Gasteiger partial charge in [-0.3, -0.25) is 25.1 Å².